The van der Waals surface area contributed by atoms with Crippen molar-refractivity contribution in [2.24, 2.45) is 0 Å². The summed E-state index contributed by atoms with van der Waals surface area (Å²) in [6.07, 6.45) is 7.10. The first-order valence-electron chi connectivity index (χ1n) is 9.03. The van der Waals surface area contributed by atoms with Crippen LogP contribution < -0.4 is 4.74 Å². The molecule has 1 aromatic carbocycles. The number of hydrogen-bond donors (Lipinski definition) is 0. The topological polar surface area (TPSA) is 47.5 Å². The van der Waals surface area contributed by atoms with Crippen LogP contribution in [-0.2, 0) is 24.1 Å². The van der Waals surface area contributed by atoms with E-state index in [1.165, 1.54) is 11.1 Å². The lowest BCUT2D eigenvalue weighted by Gasteiger charge is -2.33. The molecule has 0 unspecified atom stereocenters. The van der Waals surface area contributed by atoms with E-state index in [4.69, 9.17) is 9.47 Å². The highest BCUT2D eigenvalue weighted by molar-refractivity contribution is 5.27. The van der Waals surface area contributed by atoms with Gasteiger partial charge in [-0.25, -0.2) is 9.97 Å². The minimum Gasteiger partial charge on any atom is -0.497 e. The van der Waals surface area contributed by atoms with E-state index in [-0.39, 0.29) is 6.10 Å². The van der Waals surface area contributed by atoms with E-state index in [0.29, 0.717) is 0 Å². The Hall–Kier alpha value is -1.98. The van der Waals surface area contributed by atoms with Gasteiger partial charge < -0.3 is 9.47 Å². The fourth-order valence-corrected chi connectivity index (χ4v) is 3.15. The number of morpholine rings is 1. The van der Waals surface area contributed by atoms with E-state index in [9.17, 15) is 0 Å². The van der Waals surface area contributed by atoms with Gasteiger partial charge in [-0.05, 0) is 30.5 Å². The monoisotopic (exact) mass is 341 g/mol. The summed E-state index contributed by atoms with van der Waals surface area (Å²) in [4.78, 5) is 11.3. The Morgan fingerprint density at radius 2 is 1.92 bits per heavy atom. The molecule has 1 aliphatic rings. The molecule has 3 rings (SSSR count). The molecule has 1 atom stereocenters. The van der Waals surface area contributed by atoms with Crippen molar-refractivity contribution in [3.8, 4) is 5.75 Å². The van der Waals surface area contributed by atoms with Crippen LogP contribution in [0.5, 0.6) is 5.75 Å². The molecule has 0 amide bonds. The average molecular weight is 341 g/mol. The van der Waals surface area contributed by atoms with Crippen molar-refractivity contribution < 1.29 is 9.47 Å². The van der Waals surface area contributed by atoms with Gasteiger partial charge in [0.25, 0.3) is 0 Å². The van der Waals surface area contributed by atoms with Crippen molar-refractivity contribution in [1.82, 2.24) is 14.9 Å². The van der Waals surface area contributed by atoms with Crippen LogP contribution in [0.25, 0.3) is 0 Å². The first-order valence-corrected chi connectivity index (χ1v) is 9.03. The van der Waals surface area contributed by atoms with E-state index < -0.39 is 0 Å². The fraction of sp³-hybridized carbons (Fsp3) is 0.500. The average Bonchev–Trinajstić information content (AvgIpc) is 2.65. The molecule has 0 saturated carbocycles. The number of hydrogen-bond acceptors (Lipinski definition) is 5. The quantitative estimate of drug-likeness (QED) is 0.775. The van der Waals surface area contributed by atoms with Crippen molar-refractivity contribution in [2.45, 2.75) is 38.8 Å². The molecule has 0 radical (unpaired) electrons. The van der Waals surface area contributed by atoms with Gasteiger partial charge in [0.2, 0.25) is 0 Å². The molecule has 1 fully saturated rings. The second-order valence-electron chi connectivity index (χ2n) is 6.54. The molecule has 1 aliphatic heterocycles. The largest absolute Gasteiger partial charge is 0.497 e. The van der Waals surface area contributed by atoms with E-state index in [2.05, 4.69) is 33.9 Å². The van der Waals surface area contributed by atoms with Crippen molar-refractivity contribution in [3.63, 3.8) is 0 Å². The molecule has 2 aromatic rings. The highest BCUT2D eigenvalue weighted by atomic mass is 16.5. The molecular weight excluding hydrogens is 314 g/mol. The fourth-order valence-electron chi connectivity index (χ4n) is 3.15. The minimum absolute atomic E-state index is 0.224. The van der Waals surface area contributed by atoms with Crippen LogP contribution in [0.15, 0.2) is 36.7 Å². The Bertz CT molecular complexity index is 643. The lowest BCUT2D eigenvalue weighted by atomic mass is 10.1. The zero-order valence-corrected chi connectivity index (χ0v) is 15.1. The molecule has 1 aromatic heterocycles. The number of rotatable bonds is 7. The number of ether oxygens (including phenoxy) is 2. The van der Waals surface area contributed by atoms with E-state index >= 15 is 0 Å². The first-order chi connectivity index (χ1) is 12.3. The van der Waals surface area contributed by atoms with E-state index in [1.807, 2.05) is 24.5 Å². The summed E-state index contributed by atoms with van der Waals surface area (Å²) in [6, 6.07) is 8.24. The highest BCUT2D eigenvalue weighted by Gasteiger charge is 2.21. The second kappa shape index (κ2) is 8.92. The van der Waals surface area contributed by atoms with Gasteiger partial charge in [0.15, 0.2) is 0 Å². The first kappa shape index (κ1) is 17.8. The molecule has 0 N–H and O–H groups in total. The second-order valence-corrected chi connectivity index (χ2v) is 6.54. The van der Waals surface area contributed by atoms with Crippen LogP contribution in [0.4, 0.5) is 0 Å². The highest BCUT2D eigenvalue weighted by Crippen LogP contribution is 2.17. The van der Waals surface area contributed by atoms with Crippen molar-refractivity contribution in [2.75, 3.05) is 26.8 Å². The summed E-state index contributed by atoms with van der Waals surface area (Å²) in [5.41, 5.74) is 2.45. The summed E-state index contributed by atoms with van der Waals surface area (Å²) in [6.45, 7) is 5.69. The SMILES string of the molecule is CCCc1ncc(CN2CCO[C@@H](Cc3ccc(OC)cc3)C2)cn1. The summed E-state index contributed by atoms with van der Waals surface area (Å²) < 4.78 is 11.2. The van der Waals surface area contributed by atoms with Crippen LogP contribution >= 0.6 is 0 Å². The smallest absolute Gasteiger partial charge is 0.128 e. The number of methoxy groups -OCH3 is 1. The van der Waals surface area contributed by atoms with E-state index in [0.717, 1.165) is 57.1 Å². The van der Waals surface area contributed by atoms with Crippen LogP contribution in [-0.4, -0.2) is 47.8 Å². The number of aryl methyl sites for hydroxylation is 1. The molecule has 0 bridgehead atoms. The van der Waals surface area contributed by atoms with Crippen LogP contribution in [0, 0.1) is 0 Å². The molecule has 0 spiro atoms. The third-order valence-electron chi connectivity index (χ3n) is 4.48. The Balaban J connectivity index is 1.53. The summed E-state index contributed by atoms with van der Waals surface area (Å²) >= 11 is 0. The minimum atomic E-state index is 0.224. The number of aromatic nitrogens is 2. The van der Waals surface area contributed by atoms with Gasteiger partial charge in [0, 0.05) is 44.0 Å². The molecule has 5 heteroatoms. The maximum absolute atomic E-state index is 5.95. The van der Waals surface area contributed by atoms with Gasteiger partial charge in [-0.15, -0.1) is 0 Å². The lowest BCUT2D eigenvalue weighted by molar-refractivity contribution is -0.0305. The molecule has 134 valence electrons. The lowest BCUT2D eigenvalue weighted by Crippen LogP contribution is -2.42. The van der Waals surface area contributed by atoms with Gasteiger partial charge in [-0.3, -0.25) is 4.90 Å². The van der Waals surface area contributed by atoms with Gasteiger partial charge in [0.05, 0.1) is 19.8 Å². The summed E-state index contributed by atoms with van der Waals surface area (Å²) in [5, 5.41) is 0. The van der Waals surface area contributed by atoms with Crippen LogP contribution in [0.1, 0.15) is 30.3 Å². The molecule has 5 nitrogen and oxygen atoms in total. The maximum Gasteiger partial charge on any atom is 0.128 e. The zero-order chi connectivity index (χ0) is 17.5. The zero-order valence-electron chi connectivity index (χ0n) is 15.1. The molecule has 2 heterocycles. The molecule has 0 aliphatic carbocycles. The Morgan fingerprint density at radius 3 is 2.60 bits per heavy atom. The number of benzene rings is 1. The Morgan fingerprint density at radius 1 is 1.16 bits per heavy atom. The van der Waals surface area contributed by atoms with Crippen molar-refractivity contribution in [3.05, 3.63) is 53.6 Å². The molecular formula is C20H27N3O2. The van der Waals surface area contributed by atoms with Crippen molar-refractivity contribution in [1.29, 1.82) is 0 Å². The predicted molar refractivity (Wildman–Crippen MR) is 97.7 cm³/mol. The standard InChI is InChI=1S/C20H27N3O2/c1-3-4-20-21-12-17(13-22-20)14-23-9-10-25-19(15-23)11-16-5-7-18(24-2)8-6-16/h5-8,12-13,19H,3-4,9-11,14-15H2,1-2H3/t19-/m0/s1. The van der Waals surface area contributed by atoms with Gasteiger partial charge in [0.1, 0.15) is 11.6 Å². The molecule has 25 heavy (non-hydrogen) atoms. The predicted octanol–water partition coefficient (Wildman–Crippen LogP) is 2.88. The van der Waals surface area contributed by atoms with Gasteiger partial charge >= 0.3 is 0 Å². The van der Waals surface area contributed by atoms with Gasteiger partial charge in [-0.1, -0.05) is 19.1 Å². The van der Waals surface area contributed by atoms with Crippen LogP contribution in [0.3, 0.4) is 0 Å². The maximum atomic E-state index is 5.95. The Kier molecular flexibility index (Phi) is 6.36. The Labute approximate surface area is 150 Å². The molecule has 1 saturated heterocycles. The third kappa shape index (κ3) is 5.25. The third-order valence-corrected chi connectivity index (χ3v) is 4.48. The summed E-state index contributed by atoms with van der Waals surface area (Å²) in [5.74, 6) is 1.83. The van der Waals surface area contributed by atoms with Crippen molar-refractivity contribution >= 4 is 0 Å². The summed E-state index contributed by atoms with van der Waals surface area (Å²) in [7, 11) is 1.69. The van der Waals surface area contributed by atoms with Crippen LogP contribution in [0.2, 0.25) is 0 Å². The normalized spacial score (nSPS) is 18.2. The van der Waals surface area contributed by atoms with Gasteiger partial charge in [-0.2, -0.15) is 0 Å². The van der Waals surface area contributed by atoms with E-state index in [1.54, 1.807) is 7.11 Å². The number of nitrogens with zero attached hydrogens (tertiary/aromatic N) is 3.